The highest BCUT2D eigenvalue weighted by Crippen LogP contribution is 1.89. The maximum atomic E-state index is 10.4. The molecule has 0 bridgehead atoms. The van der Waals surface area contributed by atoms with E-state index in [1.165, 1.54) is 0 Å². The summed E-state index contributed by atoms with van der Waals surface area (Å²) in [5.74, 6) is -0.337. The molecule has 0 aliphatic carbocycles. The molecule has 0 aromatic carbocycles. The number of aliphatic imine (C=N–C) groups is 1. The number of allylic oxidation sites excluding steroid dienone is 2. The van der Waals surface area contributed by atoms with E-state index in [0.717, 1.165) is 11.4 Å². The number of carbonyl (C=O) groups excluding carboxylic acids is 1. The molecule has 0 unspecified atom stereocenters. The summed E-state index contributed by atoms with van der Waals surface area (Å²) in [6.45, 7) is 3.83. The van der Waals surface area contributed by atoms with E-state index in [4.69, 9.17) is 5.73 Å². The van der Waals surface area contributed by atoms with Crippen LogP contribution in [0, 0.1) is 0 Å². The third kappa shape index (κ3) is 7.09. The molecule has 4 heteroatoms. The number of nitrogens with two attached hydrogens (primary N) is 1. The molecule has 0 spiro atoms. The Labute approximate surface area is 84.6 Å². The minimum atomic E-state index is -0.337. The molecule has 0 aromatic rings. The number of hydrogen-bond acceptors (Lipinski definition) is 3. The number of nitrogens with zero attached hydrogens (tertiary/aromatic N) is 1. The third-order valence-corrected chi connectivity index (χ3v) is 1.53. The average Bonchev–Trinajstić information content (AvgIpc) is 2.12. The molecule has 0 aliphatic rings. The van der Waals surface area contributed by atoms with E-state index in [0.29, 0.717) is 0 Å². The van der Waals surface area contributed by atoms with Gasteiger partial charge >= 0.3 is 0 Å². The molecule has 0 heterocycles. The molecule has 0 fully saturated rings. The zero-order valence-electron chi connectivity index (χ0n) is 8.87. The van der Waals surface area contributed by atoms with Gasteiger partial charge in [-0.15, -0.1) is 0 Å². The van der Waals surface area contributed by atoms with Crippen LogP contribution >= 0.6 is 0 Å². The topological polar surface area (TPSA) is 67.5 Å². The molecule has 0 rings (SSSR count). The van der Waals surface area contributed by atoms with Crippen molar-refractivity contribution in [1.29, 1.82) is 0 Å². The van der Waals surface area contributed by atoms with Crippen LogP contribution in [0.4, 0.5) is 0 Å². The lowest BCUT2D eigenvalue weighted by molar-refractivity contribution is -0.117. The summed E-state index contributed by atoms with van der Waals surface area (Å²) < 4.78 is 0. The monoisotopic (exact) mass is 195 g/mol. The Balaban J connectivity index is 3.96. The van der Waals surface area contributed by atoms with Crippen LogP contribution in [-0.2, 0) is 4.79 Å². The lowest BCUT2D eigenvalue weighted by atomic mass is 10.3. The molecular weight excluding hydrogens is 178 g/mol. The van der Waals surface area contributed by atoms with Crippen molar-refractivity contribution in [3.8, 4) is 0 Å². The lowest BCUT2D eigenvalue weighted by Gasteiger charge is -1.99. The fraction of sp³-hybridized carbons (Fsp3) is 0.400. The molecule has 78 valence electrons. The first-order chi connectivity index (χ1) is 6.56. The van der Waals surface area contributed by atoms with Crippen LogP contribution < -0.4 is 11.1 Å². The Bertz CT molecular complexity index is 277. The van der Waals surface area contributed by atoms with Crippen molar-refractivity contribution in [2.75, 3.05) is 7.05 Å². The summed E-state index contributed by atoms with van der Waals surface area (Å²) in [5.41, 5.74) is 6.87. The van der Waals surface area contributed by atoms with Gasteiger partial charge in [-0.2, -0.15) is 0 Å². The van der Waals surface area contributed by atoms with Crippen molar-refractivity contribution >= 4 is 11.6 Å². The van der Waals surface area contributed by atoms with Gasteiger partial charge in [0.05, 0.1) is 0 Å². The van der Waals surface area contributed by atoms with Crippen molar-refractivity contribution in [3.63, 3.8) is 0 Å². The van der Waals surface area contributed by atoms with Crippen LogP contribution in [0.3, 0.4) is 0 Å². The summed E-state index contributed by atoms with van der Waals surface area (Å²) in [7, 11) is 1.74. The van der Waals surface area contributed by atoms with Gasteiger partial charge in [0.2, 0.25) is 5.91 Å². The van der Waals surface area contributed by atoms with Gasteiger partial charge in [0.15, 0.2) is 0 Å². The maximum absolute atomic E-state index is 10.4. The second kappa shape index (κ2) is 6.88. The summed E-state index contributed by atoms with van der Waals surface area (Å²) in [6.07, 6.45) is 5.54. The van der Waals surface area contributed by atoms with E-state index in [2.05, 4.69) is 10.3 Å². The molecule has 0 aromatic heterocycles. The minimum absolute atomic E-state index is 0.251. The van der Waals surface area contributed by atoms with Crippen LogP contribution in [0.25, 0.3) is 0 Å². The zero-order valence-corrected chi connectivity index (χ0v) is 8.87. The van der Waals surface area contributed by atoms with Gasteiger partial charge < -0.3 is 11.1 Å². The van der Waals surface area contributed by atoms with Gasteiger partial charge in [-0.3, -0.25) is 9.79 Å². The van der Waals surface area contributed by atoms with Crippen molar-refractivity contribution in [3.05, 3.63) is 24.0 Å². The number of hydrogen-bond donors (Lipinski definition) is 2. The standard InChI is InChI=1S/C10H17N3O/c1-8(12-3)7-9(2)13-6-4-5-10(11)14/h4,6-7,13H,5H2,1-3H3,(H2,11,14)/b6-4-,9-7-,12-8?. The fourth-order valence-electron chi connectivity index (χ4n) is 0.785. The van der Waals surface area contributed by atoms with Gasteiger partial charge in [0.1, 0.15) is 0 Å². The fourth-order valence-corrected chi connectivity index (χ4v) is 0.785. The van der Waals surface area contributed by atoms with Gasteiger partial charge in [-0.05, 0) is 26.1 Å². The molecular formula is C10H17N3O. The van der Waals surface area contributed by atoms with E-state index >= 15 is 0 Å². The highest BCUT2D eigenvalue weighted by Gasteiger charge is 1.88. The number of carbonyl (C=O) groups is 1. The quantitative estimate of drug-likeness (QED) is 0.641. The molecule has 14 heavy (non-hydrogen) atoms. The highest BCUT2D eigenvalue weighted by atomic mass is 16.1. The molecule has 0 aliphatic heterocycles. The van der Waals surface area contributed by atoms with Crippen LogP contribution in [0.5, 0.6) is 0 Å². The van der Waals surface area contributed by atoms with E-state index in [1.54, 1.807) is 19.3 Å². The largest absolute Gasteiger partial charge is 0.369 e. The normalized spacial score (nSPS) is 13.4. The summed E-state index contributed by atoms with van der Waals surface area (Å²) >= 11 is 0. The molecule has 0 radical (unpaired) electrons. The third-order valence-electron chi connectivity index (χ3n) is 1.53. The Morgan fingerprint density at radius 3 is 2.64 bits per heavy atom. The van der Waals surface area contributed by atoms with Crippen LogP contribution in [0.15, 0.2) is 29.0 Å². The average molecular weight is 195 g/mol. The van der Waals surface area contributed by atoms with E-state index in [-0.39, 0.29) is 12.3 Å². The smallest absolute Gasteiger partial charge is 0.221 e. The first-order valence-electron chi connectivity index (χ1n) is 4.37. The van der Waals surface area contributed by atoms with E-state index in [9.17, 15) is 4.79 Å². The SMILES string of the molecule is CN=C(C)/C=C(/C)N/C=C\CC(N)=O. The molecule has 0 saturated heterocycles. The molecule has 3 N–H and O–H groups in total. The van der Waals surface area contributed by atoms with Crippen molar-refractivity contribution in [2.45, 2.75) is 20.3 Å². The van der Waals surface area contributed by atoms with Crippen molar-refractivity contribution < 1.29 is 4.79 Å². The molecule has 4 nitrogen and oxygen atoms in total. The molecule has 0 saturated carbocycles. The molecule has 0 atom stereocenters. The maximum Gasteiger partial charge on any atom is 0.221 e. The summed E-state index contributed by atoms with van der Waals surface area (Å²) in [6, 6.07) is 0. The van der Waals surface area contributed by atoms with Crippen LogP contribution in [0.2, 0.25) is 0 Å². The van der Waals surface area contributed by atoms with Gasteiger partial charge in [0, 0.05) is 24.9 Å². The first-order valence-corrected chi connectivity index (χ1v) is 4.37. The summed E-state index contributed by atoms with van der Waals surface area (Å²) in [4.78, 5) is 14.4. The first kappa shape index (κ1) is 12.4. The predicted molar refractivity (Wildman–Crippen MR) is 58.9 cm³/mol. The number of nitrogens with one attached hydrogen (secondary N) is 1. The lowest BCUT2D eigenvalue weighted by Crippen LogP contribution is -2.09. The van der Waals surface area contributed by atoms with Crippen LogP contribution in [-0.4, -0.2) is 18.7 Å². The Kier molecular flexibility index (Phi) is 6.11. The van der Waals surface area contributed by atoms with E-state index < -0.39 is 0 Å². The number of primary amides is 1. The number of rotatable bonds is 5. The van der Waals surface area contributed by atoms with Crippen LogP contribution in [0.1, 0.15) is 20.3 Å². The predicted octanol–water partition coefficient (Wildman–Crippen LogP) is 0.960. The number of amides is 1. The zero-order chi connectivity index (χ0) is 11.0. The second-order valence-corrected chi connectivity index (χ2v) is 2.91. The Morgan fingerprint density at radius 2 is 2.14 bits per heavy atom. The second-order valence-electron chi connectivity index (χ2n) is 2.91. The Hall–Kier alpha value is -1.58. The van der Waals surface area contributed by atoms with Crippen molar-refractivity contribution in [1.82, 2.24) is 5.32 Å². The Morgan fingerprint density at radius 1 is 1.50 bits per heavy atom. The molecule has 1 amide bonds. The highest BCUT2D eigenvalue weighted by molar-refractivity contribution is 5.93. The summed E-state index contributed by atoms with van der Waals surface area (Å²) in [5, 5.41) is 3.00. The van der Waals surface area contributed by atoms with Crippen molar-refractivity contribution in [2.24, 2.45) is 10.7 Å². The van der Waals surface area contributed by atoms with Gasteiger partial charge in [-0.1, -0.05) is 6.08 Å². The van der Waals surface area contributed by atoms with Gasteiger partial charge in [0.25, 0.3) is 0 Å². The van der Waals surface area contributed by atoms with Gasteiger partial charge in [-0.25, -0.2) is 0 Å². The van der Waals surface area contributed by atoms with E-state index in [1.807, 2.05) is 19.9 Å². The minimum Gasteiger partial charge on any atom is -0.369 e.